The number of nitrogens with zero attached hydrogens (tertiary/aromatic N) is 1. The molecular formula is C16H18N2O5S. The van der Waals surface area contributed by atoms with E-state index in [0.29, 0.717) is 18.8 Å². The monoisotopic (exact) mass is 350 g/mol. The van der Waals surface area contributed by atoms with Gasteiger partial charge in [-0.15, -0.1) is 0 Å². The van der Waals surface area contributed by atoms with E-state index in [-0.39, 0.29) is 10.5 Å². The quantitative estimate of drug-likeness (QED) is 0.858. The Morgan fingerprint density at radius 1 is 1.17 bits per heavy atom. The summed E-state index contributed by atoms with van der Waals surface area (Å²) in [4.78, 5) is 23.1. The van der Waals surface area contributed by atoms with Gasteiger partial charge in [0, 0.05) is 24.8 Å². The highest BCUT2D eigenvalue weighted by molar-refractivity contribution is 7.89. The third kappa shape index (κ3) is 3.90. The molecule has 0 fully saturated rings. The number of benzene rings is 1. The van der Waals surface area contributed by atoms with Crippen molar-refractivity contribution in [3.63, 3.8) is 0 Å². The van der Waals surface area contributed by atoms with Gasteiger partial charge in [0.2, 0.25) is 10.0 Å². The van der Waals surface area contributed by atoms with E-state index in [0.717, 1.165) is 12.3 Å². The molecule has 1 N–H and O–H groups in total. The fraction of sp³-hybridized carbons (Fsp3) is 0.250. The summed E-state index contributed by atoms with van der Waals surface area (Å²) in [6.45, 7) is 4.24. The maximum absolute atomic E-state index is 12.5. The van der Waals surface area contributed by atoms with Crippen molar-refractivity contribution < 1.29 is 17.6 Å². The minimum atomic E-state index is -3.61. The SMILES string of the molecule is CCN(CC)S(=O)(=O)c1cccc(NC(=O)c2ccc(=O)oc2)c1. The molecule has 0 unspecified atom stereocenters. The summed E-state index contributed by atoms with van der Waals surface area (Å²) in [6, 6.07) is 8.47. The van der Waals surface area contributed by atoms with Crippen LogP contribution in [0, 0.1) is 0 Å². The number of amides is 1. The van der Waals surface area contributed by atoms with Crippen molar-refractivity contribution in [2.24, 2.45) is 0 Å². The molecule has 2 aromatic rings. The molecule has 0 atom stereocenters. The zero-order valence-corrected chi connectivity index (χ0v) is 14.2. The zero-order valence-electron chi connectivity index (χ0n) is 13.4. The number of hydrogen-bond acceptors (Lipinski definition) is 5. The van der Waals surface area contributed by atoms with Gasteiger partial charge in [0.1, 0.15) is 6.26 Å². The fourth-order valence-corrected chi connectivity index (χ4v) is 3.64. The van der Waals surface area contributed by atoms with E-state index in [1.54, 1.807) is 26.0 Å². The fourth-order valence-electron chi connectivity index (χ4n) is 2.14. The average Bonchev–Trinajstić information content (AvgIpc) is 2.56. The van der Waals surface area contributed by atoms with Crippen molar-refractivity contribution in [2.45, 2.75) is 18.7 Å². The van der Waals surface area contributed by atoms with Gasteiger partial charge in [0.15, 0.2) is 0 Å². The Labute approximate surface area is 140 Å². The summed E-state index contributed by atoms with van der Waals surface area (Å²) < 4.78 is 31.0. The summed E-state index contributed by atoms with van der Waals surface area (Å²) in [5, 5.41) is 2.58. The Morgan fingerprint density at radius 3 is 2.46 bits per heavy atom. The summed E-state index contributed by atoms with van der Waals surface area (Å²) >= 11 is 0. The molecule has 0 saturated carbocycles. The predicted molar refractivity (Wildman–Crippen MR) is 89.5 cm³/mol. The van der Waals surface area contributed by atoms with Gasteiger partial charge >= 0.3 is 5.63 Å². The minimum absolute atomic E-state index is 0.101. The molecule has 1 amide bonds. The molecule has 0 spiro atoms. The number of carbonyl (C=O) groups excluding carboxylic acids is 1. The van der Waals surface area contributed by atoms with Crippen molar-refractivity contribution in [3.05, 3.63) is 58.6 Å². The van der Waals surface area contributed by atoms with Crippen LogP contribution in [0.2, 0.25) is 0 Å². The molecule has 1 heterocycles. The Hall–Kier alpha value is -2.45. The standard InChI is InChI=1S/C16H18N2O5S/c1-3-18(4-2)24(21,22)14-7-5-6-13(10-14)17-16(20)12-8-9-15(19)23-11-12/h5-11H,3-4H2,1-2H3,(H,17,20). The summed E-state index contributed by atoms with van der Waals surface area (Å²) in [6.07, 6.45) is 1.05. The molecule has 0 aliphatic carbocycles. The third-order valence-electron chi connectivity index (χ3n) is 3.40. The lowest BCUT2D eigenvalue weighted by Gasteiger charge is -2.18. The van der Waals surface area contributed by atoms with Crippen LogP contribution in [-0.2, 0) is 10.0 Å². The van der Waals surface area contributed by atoms with Gasteiger partial charge in [-0.25, -0.2) is 13.2 Å². The van der Waals surface area contributed by atoms with Gasteiger partial charge in [0.05, 0.1) is 10.5 Å². The van der Waals surface area contributed by atoms with Crippen LogP contribution in [0.15, 0.2) is 56.8 Å². The van der Waals surface area contributed by atoms with Crippen LogP contribution >= 0.6 is 0 Å². The molecule has 0 saturated heterocycles. The number of rotatable bonds is 6. The molecule has 2 rings (SSSR count). The number of carbonyl (C=O) groups is 1. The second-order valence-corrected chi connectivity index (χ2v) is 6.85. The normalized spacial score (nSPS) is 11.5. The van der Waals surface area contributed by atoms with Crippen LogP contribution in [0.25, 0.3) is 0 Å². The molecule has 24 heavy (non-hydrogen) atoms. The van der Waals surface area contributed by atoms with Gasteiger partial charge in [-0.05, 0) is 24.3 Å². The van der Waals surface area contributed by atoms with Crippen LogP contribution in [0.3, 0.4) is 0 Å². The number of anilines is 1. The Balaban J connectivity index is 2.26. The number of hydrogen-bond donors (Lipinski definition) is 1. The van der Waals surface area contributed by atoms with Crippen LogP contribution in [0.5, 0.6) is 0 Å². The smallest absolute Gasteiger partial charge is 0.335 e. The number of nitrogens with one attached hydrogen (secondary N) is 1. The highest BCUT2D eigenvalue weighted by Crippen LogP contribution is 2.20. The highest BCUT2D eigenvalue weighted by atomic mass is 32.2. The van der Waals surface area contributed by atoms with E-state index in [9.17, 15) is 18.0 Å². The predicted octanol–water partition coefficient (Wildman–Crippen LogP) is 1.92. The molecule has 8 heteroatoms. The lowest BCUT2D eigenvalue weighted by molar-refractivity contribution is 0.102. The van der Waals surface area contributed by atoms with Gasteiger partial charge in [-0.1, -0.05) is 19.9 Å². The average molecular weight is 350 g/mol. The maximum atomic E-state index is 12.5. The second kappa shape index (κ2) is 7.41. The molecule has 0 aliphatic heterocycles. The van der Waals surface area contributed by atoms with Gasteiger partial charge in [-0.3, -0.25) is 4.79 Å². The lowest BCUT2D eigenvalue weighted by atomic mass is 10.2. The first-order valence-corrected chi connectivity index (χ1v) is 8.83. The summed E-state index contributed by atoms with van der Waals surface area (Å²) in [7, 11) is -3.61. The molecule has 0 bridgehead atoms. The second-order valence-electron chi connectivity index (χ2n) is 4.91. The van der Waals surface area contributed by atoms with E-state index in [1.807, 2.05) is 0 Å². The lowest BCUT2D eigenvalue weighted by Crippen LogP contribution is -2.30. The molecule has 1 aromatic heterocycles. The first-order chi connectivity index (χ1) is 11.4. The Bertz CT molecular complexity index is 865. The molecule has 7 nitrogen and oxygen atoms in total. The largest absolute Gasteiger partial charge is 0.430 e. The van der Waals surface area contributed by atoms with Crippen molar-refractivity contribution in [2.75, 3.05) is 18.4 Å². The Morgan fingerprint density at radius 2 is 1.88 bits per heavy atom. The van der Waals surface area contributed by atoms with E-state index in [4.69, 9.17) is 0 Å². The highest BCUT2D eigenvalue weighted by Gasteiger charge is 2.21. The molecule has 1 aromatic carbocycles. The van der Waals surface area contributed by atoms with E-state index in [1.165, 1.54) is 22.5 Å². The van der Waals surface area contributed by atoms with E-state index in [2.05, 4.69) is 9.73 Å². The first kappa shape index (κ1) is 17.9. The zero-order chi connectivity index (χ0) is 17.7. The van der Waals surface area contributed by atoms with Crippen molar-refractivity contribution in [3.8, 4) is 0 Å². The number of sulfonamides is 1. The maximum Gasteiger partial charge on any atom is 0.335 e. The molecule has 0 radical (unpaired) electrons. The van der Waals surface area contributed by atoms with Crippen LogP contribution in [0.1, 0.15) is 24.2 Å². The molecule has 0 aliphatic rings. The van der Waals surface area contributed by atoms with Crippen molar-refractivity contribution in [1.82, 2.24) is 4.31 Å². The van der Waals surface area contributed by atoms with Crippen LogP contribution in [-0.4, -0.2) is 31.7 Å². The van der Waals surface area contributed by atoms with Gasteiger partial charge < -0.3 is 9.73 Å². The topological polar surface area (TPSA) is 96.7 Å². The molecule has 128 valence electrons. The summed E-state index contributed by atoms with van der Waals surface area (Å²) in [5.74, 6) is -0.504. The van der Waals surface area contributed by atoms with Crippen LogP contribution < -0.4 is 10.9 Å². The van der Waals surface area contributed by atoms with Crippen molar-refractivity contribution >= 4 is 21.6 Å². The third-order valence-corrected chi connectivity index (χ3v) is 5.44. The van der Waals surface area contributed by atoms with Crippen LogP contribution in [0.4, 0.5) is 5.69 Å². The Kier molecular flexibility index (Phi) is 5.53. The van der Waals surface area contributed by atoms with Gasteiger partial charge in [0.25, 0.3) is 5.91 Å². The van der Waals surface area contributed by atoms with E-state index >= 15 is 0 Å². The van der Waals surface area contributed by atoms with Crippen molar-refractivity contribution in [1.29, 1.82) is 0 Å². The van der Waals surface area contributed by atoms with E-state index < -0.39 is 21.6 Å². The minimum Gasteiger partial charge on any atom is -0.430 e. The molecular weight excluding hydrogens is 332 g/mol. The van der Waals surface area contributed by atoms with Gasteiger partial charge in [-0.2, -0.15) is 4.31 Å². The first-order valence-electron chi connectivity index (χ1n) is 7.39. The summed E-state index contributed by atoms with van der Waals surface area (Å²) in [5.41, 5.74) is -0.0649.